The molecule has 2 atom stereocenters. The second-order valence-electron chi connectivity index (χ2n) is 3.76. The molecule has 0 aliphatic carbocycles. The van der Waals surface area contributed by atoms with Gasteiger partial charge in [-0.05, 0) is 44.8 Å². The van der Waals surface area contributed by atoms with Crippen molar-refractivity contribution in [1.29, 1.82) is 0 Å². The molecule has 0 aromatic carbocycles. The molecular formula is C9H19ClN2O. The van der Waals surface area contributed by atoms with E-state index in [2.05, 4.69) is 10.6 Å². The van der Waals surface area contributed by atoms with Crippen LogP contribution in [0.2, 0.25) is 0 Å². The molecule has 2 unspecified atom stereocenters. The Morgan fingerprint density at radius 3 is 2.85 bits per heavy atom. The van der Waals surface area contributed by atoms with Crippen LogP contribution in [-0.2, 0) is 4.74 Å². The topological polar surface area (TPSA) is 33.3 Å². The highest BCUT2D eigenvalue weighted by Gasteiger charge is 2.21. The van der Waals surface area contributed by atoms with Crippen LogP contribution in [0.1, 0.15) is 19.3 Å². The van der Waals surface area contributed by atoms with Gasteiger partial charge in [-0.15, -0.1) is 12.4 Å². The lowest BCUT2D eigenvalue weighted by Gasteiger charge is -2.26. The maximum Gasteiger partial charge on any atom is 0.108 e. The molecule has 2 aliphatic rings. The summed E-state index contributed by atoms with van der Waals surface area (Å²) in [6, 6.07) is 0. The van der Waals surface area contributed by atoms with Crippen molar-refractivity contribution >= 4 is 12.4 Å². The zero-order chi connectivity index (χ0) is 8.23. The first-order chi connectivity index (χ1) is 5.95. The summed E-state index contributed by atoms with van der Waals surface area (Å²) in [7, 11) is 0. The van der Waals surface area contributed by atoms with E-state index in [0.29, 0.717) is 6.23 Å². The van der Waals surface area contributed by atoms with Crippen LogP contribution >= 0.6 is 12.4 Å². The third-order valence-electron chi connectivity index (χ3n) is 2.72. The minimum Gasteiger partial charge on any atom is -0.363 e. The molecule has 0 radical (unpaired) electrons. The van der Waals surface area contributed by atoms with Crippen molar-refractivity contribution < 1.29 is 4.74 Å². The second kappa shape index (κ2) is 5.81. The number of hydrogen-bond acceptors (Lipinski definition) is 3. The van der Waals surface area contributed by atoms with E-state index in [9.17, 15) is 0 Å². The molecule has 0 spiro atoms. The van der Waals surface area contributed by atoms with Crippen molar-refractivity contribution in [2.45, 2.75) is 25.5 Å². The molecule has 13 heavy (non-hydrogen) atoms. The van der Waals surface area contributed by atoms with Crippen LogP contribution in [0.25, 0.3) is 0 Å². The molecule has 78 valence electrons. The molecular weight excluding hydrogens is 188 g/mol. The number of rotatable bonds is 2. The van der Waals surface area contributed by atoms with Gasteiger partial charge in [-0.3, -0.25) is 5.32 Å². The average Bonchev–Trinajstić information content (AvgIpc) is 2.59. The van der Waals surface area contributed by atoms with E-state index < -0.39 is 0 Å². The maximum atomic E-state index is 5.60. The normalized spacial score (nSPS) is 34.2. The predicted octanol–water partition coefficient (Wildman–Crippen LogP) is 0.744. The van der Waals surface area contributed by atoms with Crippen LogP contribution in [0.5, 0.6) is 0 Å². The Kier molecular flexibility index (Phi) is 5.02. The minimum absolute atomic E-state index is 0. The van der Waals surface area contributed by atoms with Crippen LogP contribution in [-0.4, -0.2) is 32.5 Å². The fourth-order valence-electron chi connectivity index (χ4n) is 1.99. The van der Waals surface area contributed by atoms with Gasteiger partial charge in [0, 0.05) is 6.61 Å². The Labute approximate surface area is 86.0 Å². The van der Waals surface area contributed by atoms with Crippen molar-refractivity contribution in [3.8, 4) is 0 Å². The largest absolute Gasteiger partial charge is 0.363 e. The number of ether oxygens (including phenoxy) is 1. The van der Waals surface area contributed by atoms with Crippen LogP contribution in [0.3, 0.4) is 0 Å². The van der Waals surface area contributed by atoms with E-state index in [4.69, 9.17) is 4.74 Å². The molecule has 0 aromatic heterocycles. The highest BCUT2D eigenvalue weighted by atomic mass is 35.5. The predicted molar refractivity (Wildman–Crippen MR) is 55.2 cm³/mol. The zero-order valence-electron chi connectivity index (χ0n) is 7.92. The molecule has 0 amide bonds. The summed E-state index contributed by atoms with van der Waals surface area (Å²) in [5.74, 6) is 0.834. The van der Waals surface area contributed by atoms with Crippen LogP contribution < -0.4 is 10.6 Å². The van der Waals surface area contributed by atoms with Crippen molar-refractivity contribution in [2.75, 3.05) is 26.2 Å². The van der Waals surface area contributed by atoms with Crippen LogP contribution in [0.15, 0.2) is 0 Å². The maximum absolute atomic E-state index is 5.60. The molecule has 2 heterocycles. The Hall–Kier alpha value is 0.170. The van der Waals surface area contributed by atoms with Gasteiger partial charge in [-0.1, -0.05) is 0 Å². The monoisotopic (exact) mass is 206 g/mol. The highest BCUT2D eigenvalue weighted by molar-refractivity contribution is 5.85. The quantitative estimate of drug-likeness (QED) is 0.700. The molecule has 0 saturated carbocycles. The molecule has 4 heteroatoms. The van der Waals surface area contributed by atoms with E-state index in [1.807, 2.05) is 0 Å². The number of nitrogens with one attached hydrogen (secondary N) is 2. The number of hydrogen-bond donors (Lipinski definition) is 2. The first kappa shape index (κ1) is 11.2. The molecule has 2 N–H and O–H groups in total. The summed E-state index contributed by atoms with van der Waals surface area (Å²) in [6.07, 6.45) is 4.01. The summed E-state index contributed by atoms with van der Waals surface area (Å²) < 4.78 is 5.60. The zero-order valence-corrected chi connectivity index (χ0v) is 8.74. The first-order valence-electron chi connectivity index (χ1n) is 5.01. The van der Waals surface area contributed by atoms with Gasteiger partial charge in [0.1, 0.15) is 6.23 Å². The molecule has 2 saturated heterocycles. The summed E-state index contributed by atoms with van der Waals surface area (Å²) in [5.41, 5.74) is 0. The van der Waals surface area contributed by atoms with Crippen molar-refractivity contribution in [1.82, 2.24) is 10.6 Å². The van der Waals surface area contributed by atoms with E-state index >= 15 is 0 Å². The van der Waals surface area contributed by atoms with Gasteiger partial charge in [0.25, 0.3) is 0 Å². The van der Waals surface area contributed by atoms with E-state index in [1.54, 1.807) is 0 Å². The van der Waals surface area contributed by atoms with E-state index in [0.717, 1.165) is 19.1 Å². The van der Waals surface area contributed by atoms with Crippen molar-refractivity contribution in [3.63, 3.8) is 0 Å². The van der Waals surface area contributed by atoms with Gasteiger partial charge in [-0.25, -0.2) is 0 Å². The Bertz CT molecular complexity index is 134. The highest BCUT2D eigenvalue weighted by Crippen LogP contribution is 2.16. The van der Waals surface area contributed by atoms with Gasteiger partial charge in [0.15, 0.2) is 0 Å². The molecule has 0 bridgehead atoms. The van der Waals surface area contributed by atoms with Crippen LogP contribution in [0, 0.1) is 5.92 Å². The fraction of sp³-hybridized carbons (Fsp3) is 1.00. The standard InChI is InChI=1S/C9H18N2O.ClH/c1-3-11-9(12-5-1)6-8-2-4-10-7-8;/h8-11H,1-7H2;1H. The fourth-order valence-corrected chi connectivity index (χ4v) is 1.99. The van der Waals surface area contributed by atoms with Crippen LogP contribution in [0.4, 0.5) is 0 Å². The Morgan fingerprint density at radius 2 is 2.23 bits per heavy atom. The summed E-state index contributed by atoms with van der Waals surface area (Å²) in [4.78, 5) is 0. The lowest BCUT2D eigenvalue weighted by molar-refractivity contribution is -0.0118. The third kappa shape index (κ3) is 3.43. The Balaban J connectivity index is 0.000000845. The van der Waals surface area contributed by atoms with E-state index in [1.165, 1.54) is 32.4 Å². The average molecular weight is 207 g/mol. The molecule has 2 fully saturated rings. The van der Waals surface area contributed by atoms with Gasteiger partial charge >= 0.3 is 0 Å². The summed E-state index contributed by atoms with van der Waals surface area (Å²) in [6.45, 7) is 4.45. The SMILES string of the molecule is C1CNC(CC2CCNC2)OC1.Cl. The van der Waals surface area contributed by atoms with Crippen molar-refractivity contribution in [2.24, 2.45) is 5.92 Å². The van der Waals surface area contributed by atoms with Gasteiger partial charge in [-0.2, -0.15) is 0 Å². The smallest absolute Gasteiger partial charge is 0.108 e. The first-order valence-corrected chi connectivity index (χ1v) is 5.01. The summed E-state index contributed by atoms with van der Waals surface area (Å²) in [5, 5.41) is 6.77. The summed E-state index contributed by atoms with van der Waals surface area (Å²) >= 11 is 0. The third-order valence-corrected chi connectivity index (χ3v) is 2.72. The van der Waals surface area contributed by atoms with Gasteiger partial charge in [0.05, 0.1) is 0 Å². The molecule has 2 aliphatic heterocycles. The number of halogens is 1. The minimum atomic E-state index is 0. The van der Waals surface area contributed by atoms with E-state index in [-0.39, 0.29) is 12.4 Å². The molecule has 2 rings (SSSR count). The Morgan fingerprint density at radius 1 is 1.31 bits per heavy atom. The molecule has 3 nitrogen and oxygen atoms in total. The van der Waals surface area contributed by atoms with Gasteiger partial charge in [0.2, 0.25) is 0 Å². The lowest BCUT2D eigenvalue weighted by atomic mass is 10.0. The van der Waals surface area contributed by atoms with Crippen molar-refractivity contribution in [3.05, 3.63) is 0 Å². The van der Waals surface area contributed by atoms with Gasteiger partial charge < -0.3 is 10.1 Å². The molecule has 0 aromatic rings. The lowest BCUT2D eigenvalue weighted by Crippen LogP contribution is -2.39. The second-order valence-corrected chi connectivity index (χ2v) is 3.76.